The van der Waals surface area contributed by atoms with E-state index in [0.29, 0.717) is 11.1 Å². The SMILES string of the molecule is CC1(C)C=COc2c(O)c(O)c3ccccc3c21. The molecule has 1 aliphatic heterocycles. The fourth-order valence-electron chi connectivity index (χ4n) is 2.49. The first-order valence-electron chi connectivity index (χ1n) is 5.84. The number of benzene rings is 2. The van der Waals surface area contributed by atoms with E-state index in [2.05, 4.69) is 0 Å². The van der Waals surface area contributed by atoms with E-state index in [0.717, 1.165) is 10.9 Å². The van der Waals surface area contributed by atoms with Crippen LogP contribution >= 0.6 is 0 Å². The van der Waals surface area contributed by atoms with Gasteiger partial charge < -0.3 is 14.9 Å². The highest BCUT2D eigenvalue weighted by Gasteiger charge is 2.31. The predicted molar refractivity (Wildman–Crippen MR) is 70.1 cm³/mol. The van der Waals surface area contributed by atoms with Crippen LogP contribution in [-0.4, -0.2) is 10.2 Å². The summed E-state index contributed by atoms with van der Waals surface area (Å²) in [6, 6.07) is 7.46. The van der Waals surface area contributed by atoms with Gasteiger partial charge in [0.05, 0.1) is 6.26 Å². The molecule has 2 N–H and O–H groups in total. The molecule has 3 rings (SSSR count). The second-order valence-corrected chi connectivity index (χ2v) is 5.09. The molecule has 1 aliphatic rings. The fourth-order valence-corrected chi connectivity index (χ4v) is 2.49. The van der Waals surface area contributed by atoms with Gasteiger partial charge in [0.15, 0.2) is 11.5 Å². The van der Waals surface area contributed by atoms with Crippen LogP contribution in [0.4, 0.5) is 0 Å². The summed E-state index contributed by atoms with van der Waals surface area (Å²) in [4.78, 5) is 0. The van der Waals surface area contributed by atoms with Crippen molar-refractivity contribution in [3.8, 4) is 17.2 Å². The van der Waals surface area contributed by atoms with Gasteiger partial charge in [0.2, 0.25) is 5.75 Å². The molecule has 0 atom stereocenters. The van der Waals surface area contributed by atoms with Crippen molar-refractivity contribution in [1.29, 1.82) is 0 Å². The van der Waals surface area contributed by atoms with Crippen LogP contribution < -0.4 is 4.74 Å². The fraction of sp³-hybridized carbons (Fsp3) is 0.200. The van der Waals surface area contributed by atoms with Crippen LogP contribution in [-0.2, 0) is 5.41 Å². The van der Waals surface area contributed by atoms with Crippen LogP contribution in [0.3, 0.4) is 0 Å². The quantitative estimate of drug-likeness (QED) is 0.696. The third-order valence-corrected chi connectivity index (χ3v) is 3.43. The lowest BCUT2D eigenvalue weighted by molar-refractivity contribution is 0.360. The average Bonchev–Trinajstić information content (AvgIpc) is 2.35. The maximum Gasteiger partial charge on any atom is 0.202 e. The first-order valence-corrected chi connectivity index (χ1v) is 5.84. The lowest BCUT2D eigenvalue weighted by Gasteiger charge is -2.29. The van der Waals surface area contributed by atoms with Crippen LogP contribution in [0.25, 0.3) is 10.8 Å². The Balaban J connectivity index is 2.53. The molecule has 2 aromatic rings. The Labute approximate surface area is 105 Å². The van der Waals surface area contributed by atoms with E-state index in [1.54, 1.807) is 12.3 Å². The minimum Gasteiger partial charge on any atom is -0.504 e. The first kappa shape index (κ1) is 11.0. The Morgan fingerprint density at radius 1 is 1.00 bits per heavy atom. The van der Waals surface area contributed by atoms with Gasteiger partial charge in [0.1, 0.15) is 0 Å². The molecular formula is C15H14O3. The van der Waals surface area contributed by atoms with Crippen LogP contribution in [0, 0.1) is 0 Å². The van der Waals surface area contributed by atoms with Gasteiger partial charge in [-0.2, -0.15) is 0 Å². The number of hydrogen-bond acceptors (Lipinski definition) is 3. The largest absolute Gasteiger partial charge is 0.504 e. The smallest absolute Gasteiger partial charge is 0.202 e. The molecule has 18 heavy (non-hydrogen) atoms. The molecule has 0 spiro atoms. The van der Waals surface area contributed by atoms with Crippen molar-refractivity contribution >= 4 is 10.8 Å². The highest BCUT2D eigenvalue weighted by molar-refractivity contribution is 5.97. The lowest BCUT2D eigenvalue weighted by Crippen LogP contribution is -2.19. The van der Waals surface area contributed by atoms with E-state index in [-0.39, 0.29) is 16.9 Å². The Hall–Kier alpha value is -2.16. The topological polar surface area (TPSA) is 49.7 Å². The summed E-state index contributed by atoms with van der Waals surface area (Å²) in [6.07, 6.45) is 3.49. The molecule has 0 aliphatic carbocycles. The van der Waals surface area contributed by atoms with Crippen molar-refractivity contribution in [3.63, 3.8) is 0 Å². The first-order chi connectivity index (χ1) is 8.52. The van der Waals surface area contributed by atoms with Gasteiger partial charge >= 0.3 is 0 Å². The van der Waals surface area contributed by atoms with Gasteiger partial charge in [-0.25, -0.2) is 0 Å². The lowest BCUT2D eigenvalue weighted by atomic mass is 9.79. The average molecular weight is 242 g/mol. The van der Waals surface area contributed by atoms with E-state index in [4.69, 9.17) is 4.74 Å². The molecule has 3 heteroatoms. The number of fused-ring (bicyclic) bond motifs is 3. The number of hydrogen-bond donors (Lipinski definition) is 2. The van der Waals surface area contributed by atoms with Gasteiger partial charge in [-0.15, -0.1) is 0 Å². The highest BCUT2D eigenvalue weighted by Crippen LogP contribution is 2.51. The zero-order valence-corrected chi connectivity index (χ0v) is 10.3. The molecule has 0 amide bonds. The number of aromatic hydroxyl groups is 2. The van der Waals surface area contributed by atoms with Gasteiger partial charge in [-0.3, -0.25) is 0 Å². The summed E-state index contributed by atoms with van der Waals surface area (Å²) in [7, 11) is 0. The van der Waals surface area contributed by atoms with Crippen molar-refractivity contribution < 1.29 is 14.9 Å². The summed E-state index contributed by atoms with van der Waals surface area (Å²) in [5.74, 6) is 0.0234. The van der Waals surface area contributed by atoms with Gasteiger partial charge in [-0.05, 0) is 11.5 Å². The van der Waals surface area contributed by atoms with E-state index >= 15 is 0 Å². The second-order valence-electron chi connectivity index (χ2n) is 5.09. The monoisotopic (exact) mass is 242 g/mol. The molecule has 0 aromatic heterocycles. The molecule has 0 saturated carbocycles. The van der Waals surface area contributed by atoms with Crippen molar-refractivity contribution in [2.24, 2.45) is 0 Å². The standard InChI is InChI=1S/C15H14O3/c1-15(2)7-8-18-14-11(15)9-5-3-4-6-10(9)12(16)13(14)17/h3-8,16-17H,1-2H3. The summed E-state index contributed by atoms with van der Waals surface area (Å²) in [5.41, 5.74) is 0.647. The Morgan fingerprint density at radius 3 is 2.39 bits per heavy atom. The molecule has 1 heterocycles. The Morgan fingerprint density at radius 2 is 1.67 bits per heavy atom. The number of allylic oxidation sites excluding steroid dienone is 1. The minimum atomic E-state index is -0.252. The predicted octanol–water partition coefficient (Wildman–Crippen LogP) is 3.43. The van der Waals surface area contributed by atoms with Crippen LogP contribution in [0.5, 0.6) is 17.2 Å². The zero-order valence-electron chi connectivity index (χ0n) is 10.3. The van der Waals surface area contributed by atoms with Crippen molar-refractivity contribution in [2.45, 2.75) is 19.3 Å². The summed E-state index contributed by atoms with van der Waals surface area (Å²) in [6.45, 7) is 4.10. The number of ether oxygens (including phenoxy) is 1. The minimum absolute atomic E-state index is 0.129. The Kier molecular flexibility index (Phi) is 2.08. The second kappa shape index (κ2) is 3.42. The highest BCUT2D eigenvalue weighted by atomic mass is 16.5. The molecule has 0 fully saturated rings. The van der Waals surface area contributed by atoms with Gasteiger partial charge in [-0.1, -0.05) is 38.1 Å². The molecule has 0 unspecified atom stereocenters. The maximum atomic E-state index is 10.1. The normalized spacial score (nSPS) is 16.3. The summed E-state index contributed by atoms with van der Waals surface area (Å²) < 4.78 is 5.39. The Bertz CT molecular complexity index is 669. The maximum absolute atomic E-state index is 10.1. The molecule has 0 saturated heterocycles. The van der Waals surface area contributed by atoms with Crippen LogP contribution in [0.15, 0.2) is 36.6 Å². The summed E-state index contributed by atoms with van der Waals surface area (Å²) >= 11 is 0. The van der Waals surface area contributed by atoms with Gasteiger partial charge in [0.25, 0.3) is 0 Å². The molecule has 92 valence electrons. The number of phenols is 2. The van der Waals surface area contributed by atoms with E-state index < -0.39 is 0 Å². The number of rotatable bonds is 0. The van der Waals surface area contributed by atoms with E-state index in [1.807, 2.05) is 38.1 Å². The van der Waals surface area contributed by atoms with E-state index in [9.17, 15) is 10.2 Å². The van der Waals surface area contributed by atoms with Gasteiger partial charge in [0, 0.05) is 16.4 Å². The third kappa shape index (κ3) is 1.30. The molecule has 2 aromatic carbocycles. The van der Waals surface area contributed by atoms with Crippen LogP contribution in [0.2, 0.25) is 0 Å². The molecule has 0 bridgehead atoms. The van der Waals surface area contributed by atoms with Crippen molar-refractivity contribution in [3.05, 3.63) is 42.2 Å². The molecular weight excluding hydrogens is 228 g/mol. The van der Waals surface area contributed by atoms with Crippen molar-refractivity contribution in [1.82, 2.24) is 0 Å². The third-order valence-electron chi connectivity index (χ3n) is 3.43. The number of phenolic OH excluding ortho intramolecular Hbond substituents is 2. The zero-order chi connectivity index (χ0) is 12.9. The van der Waals surface area contributed by atoms with Crippen LogP contribution in [0.1, 0.15) is 19.4 Å². The molecule has 3 nitrogen and oxygen atoms in total. The van der Waals surface area contributed by atoms with E-state index in [1.165, 1.54) is 0 Å². The summed E-state index contributed by atoms with van der Waals surface area (Å²) in [5, 5.41) is 21.6. The molecule has 0 radical (unpaired) electrons. The van der Waals surface area contributed by atoms with Crippen molar-refractivity contribution in [2.75, 3.05) is 0 Å².